The quantitative estimate of drug-likeness (QED) is 0.722. The van der Waals surface area contributed by atoms with Crippen LogP contribution in [-0.2, 0) is 11.3 Å². The highest BCUT2D eigenvalue weighted by Gasteiger charge is 2.17. The summed E-state index contributed by atoms with van der Waals surface area (Å²) in [5, 5.41) is 3.03. The molecule has 5 nitrogen and oxygen atoms in total. The summed E-state index contributed by atoms with van der Waals surface area (Å²) < 4.78 is 11.7. The second-order valence-electron chi connectivity index (χ2n) is 6.42. The number of aryl methyl sites for hydroxylation is 2. The second-order valence-corrected chi connectivity index (χ2v) is 7.28. The number of carbonyl (C=O) groups is 1. The van der Waals surface area contributed by atoms with Gasteiger partial charge in [0, 0.05) is 5.69 Å². The fourth-order valence-electron chi connectivity index (χ4n) is 2.92. The van der Waals surface area contributed by atoms with Crippen molar-refractivity contribution < 1.29 is 19.2 Å². The molecule has 2 aromatic carbocycles. The van der Waals surface area contributed by atoms with E-state index in [0.717, 1.165) is 43.2 Å². The summed E-state index contributed by atoms with van der Waals surface area (Å²) in [7, 11) is 5.25. The van der Waals surface area contributed by atoms with Gasteiger partial charge in [-0.15, -0.1) is 0 Å². The van der Waals surface area contributed by atoms with Gasteiger partial charge in [0.15, 0.2) is 6.54 Å². The molecule has 2 aromatic rings. The molecular formula is C20H26BrN2O3+. The number of anilines is 1. The Morgan fingerprint density at radius 3 is 2.31 bits per heavy atom. The Morgan fingerprint density at radius 1 is 1.12 bits per heavy atom. The SMILES string of the molecule is COc1cc(C[NH+](C)CC(=O)Nc2c(C)cccc2C)c(OC)cc1Br. The molecule has 0 aromatic heterocycles. The van der Waals surface area contributed by atoms with E-state index in [1.165, 1.54) is 0 Å². The maximum absolute atomic E-state index is 12.5. The van der Waals surface area contributed by atoms with Crippen molar-refractivity contribution in [1.29, 1.82) is 0 Å². The number of benzene rings is 2. The average Bonchev–Trinajstić information content (AvgIpc) is 2.59. The Kier molecular flexibility index (Phi) is 7.06. The van der Waals surface area contributed by atoms with Crippen LogP contribution < -0.4 is 19.7 Å². The van der Waals surface area contributed by atoms with E-state index in [1.54, 1.807) is 14.2 Å². The van der Waals surface area contributed by atoms with Gasteiger partial charge in [-0.25, -0.2) is 0 Å². The van der Waals surface area contributed by atoms with Crippen molar-refractivity contribution in [2.75, 3.05) is 33.1 Å². The normalized spacial score (nSPS) is 11.8. The molecule has 2 N–H and O–H groups in total. The molecule has 0 aliphatic rings. The summed E-state index contributed by atoms with van der Waals surface area (Å²) >= 11 is 3.46. The largest absolute Gasteiger partial charge is 0.496 e. The number of quaternary nitrogens is 1. The number of methoxy groups -OCH3 is 2. The van der Waals surface area contributed by atoms with E-state index < -0.39 is 0 Å². The number of hydrogen-bond acceptors (Lipinski definition) is 3. The molecule has 0 bridgehead atoms. The number of likely N-dealkylation sites (N-methyl/N-ethyl adjacent to an activating group) is 1. The van der Waals surface area contributed by atoms with Crippen molar-refractivity contribution in [3.05, 3.63) is 51.5 Å². The van der Waals surface area contributed by atoms with Gasteiger partial charge in [-0.2, -0.15) is 0 Å². The van der Waals surface area contributed by atoms with E-state index >= 15 is 0 Å². The summed E-state index contributed by atoms with van der Waals surface area (Å²) in [5.41, 5.74) is 4.02. The van der Waals surface area contributed by atoms with Crippen molar-refractivity contribution >= 4 is 27.5 Å². The molecule has 2 rings (SSSR count). The molecule has 6 heteroatoms. The first kappa shape index (κ1) is 20.3. The first-order chi connectivity index (χ1) is 12.3. The number of carbonyl (C=O) groups excluding carboxylic acids is 1. The number of amides is 1. The molecule has 0 saturated carbocycles. The Hall–Kier alpha value is -2.05. The summed E-state index contributed by atoms with van der Waals surface area (Å²) in [4.78, 5) is 13.5. The summed E-state index contributed by atoms with van der Waals surface area (Å²) in [6.45, 7) is 5.00. The van der Waals surface area contributed by atoms with E-state index in [9.17, 15) is 4.79 Å². The van der Waals surface area contributed by atoms with Crippen LogP contribution >= 0.6 is 15.9 Å². The molecule has 0 fully saturated rings. The molecule has 0 heterocycles. The fourth-order valence-corrected chi connectivity index (χ4v) is 3.40. The zero-order chi connectivity index (χ0) is 19.3. The van der Waals surface area contributed by atoms with Crippen LogP contribution in [0.1, 0.15) is 16.7 Å². The smallest absolute Gasteiger partial charge is 0.279 e. The maximum atomic E-state index is 12.5. The Balaban J connectivity index is 2.06. The van der Waals surface area contributed by atoms with Crippen molar-refractivity contribution in [1.82, 2.24) is 0 Å². The van der Waals surface area contributed by atoms with Gasteiger partial charge in [-0.1, -0.05) is 18.2 Å². The molecule has 0 saturated heterocycles. The van der Waals surface area contributed by atoms with Crippen molar-refractivity contribution in [2.45, 2.75) is 20.4 Å². The lowest BCUT2D eigenvalue weighted by molar-refractivity contribution is -0.885. The van der Waals surface area contributed by atoms with Crippen LogP contribution in [0.25, 0.3) is 0 Å². The van der Waals surface area contributed by atoms with E-state index in [-0.39, 0.29) is 5.91 Å². The standard InChI is InChI=1S/C20H25BrN2O3/c1-13-7-6-8-14(2)20(13)22-19(24)12-23(3)11-15-9-18(26-5)16(21)10-17(15)25-4/h6-10H,11-12H2,1-5H3,(H,22,24)/p+1. The number of nitrogens with one attached hydrogen (secondary N) is 2. The van der Waals surface area contributed by atoms with Crippen LogP contribution in [-0.4, -0.2) is 33.7 Å². The minimum absolute atomic E-state index is 0.0112. The van der Waals surface area contributed by atoms with Gasteiger partial charge in [0.1, 0.15) is 18.0 Å². The molecule has 26 heavy (non-hydrogen) atoms. The first-order valence-electron chi connectivity index (χ1n) is 8.43. The van der Waals surface area contributed by atoms with Gasteiger partial charge in [0.25, 0.3) is 5.91 Å². The molecule has 1 atom stereocenters. The summed E-state index contributed by atoms with van der Waals surface area (Å²) in [6.07, 6.45) is 0. The van der Waals surface area contributed by atoms with Crippen LogP contribution in [0.4, 0.5) is 5.69 Å². The maximum Gasteiger partial charge on any atom is 0.279 e. The molecule has 0 spiro atoms. The molecule has 1 amide bonds. The topological polar surface area (TPSA) is 52.0 Å². The number of halogens is 1. The molecule has 1 unspecified atom stereocenters. The van der Waals surface area contributed by atoms with Gasteiger partial charge < -0.3 is 19.7 Å². The van der Waals surface area contributed by atoms with Crippen LogP contribution in [0, 0.1) is 13.8 Å². The highest BCUT2D eigenvalue weighted by atomic mass is 79.9. The average molecular weight is 422 g/mol. The van der Waals surface area contributed by atoms with Gasteiger partial charge in [-0.05, 0) is 53.0 Å². The summed E-state index contributed by atoms with van der Waals surface area (Å²) in [5.74, 6) is 1.50. The molecule has 0 aliphatic carbocycles. The lowest BCUT2D eigenvalue weighted by Gasteiger charge is -2.18. The Bertz CT molecular complexity index is 773. The van der Waals surface area contributed by atoms with E-state index in [0.29, 0.717) is 13.1 Å². The van der Waals surface area contributed by atoms with Crippen LogP contribution in [0.2, 0.25) is 0 Å². The third kappa shape index (κ3) is 4.99. The number of ether oxygens (including phenoxy) is 2. The second kappa shape index (κ2) is 9.05. The van der Waals surface area contributed by atoms with Crippen molar-refractivity contribution in [3.63, 3.8) is 0 Å². The highest BCUT2D eigenvalue weighted by Crippen LogP contribution is 2.32. The van der Waals surface area contributed by atoms with Gasteiger partial charge in [-0.3, -0.25) is 4.79 Å². The van der Waals surface area contributed by atoms with E-state index in [2.05, 4.69) is 21.2 Å². The monoisotopic (exact) mass is 421 g/mol. The predicted octanol–water partition coefficient (Wildman–Crippen LogP) is 2.74. The minimum Gasteiger partial charge on any atom is -0.496 e. The minimum atomic E-state index is -0.0112. The zero-order valence-electron chi connectivity index (χ0n) is 15.9. The van der Waals surface area contributed by atoms with Gasteiger partial charge in [0.2, 0.25) is 0 Å². The van der Waals surface area contributed by atoms with Crippen LogP contribution in [0.5, 0.6) is 11.5 Å². The number of rotatable bonds is 7. The van der Waals surface area contributed by atoms with E-state index in [1.807, 2.05) is 51.2 Å². The van der Waals surface area contributed by atoms with Crippen molar-refractivity contribution in [3.8, 4) is 11.5 Å². The number of para-hydroxylation sites is 1. The van der Waals surface area contributed by atoms with E-state index in [4.69, 9.17) is 9.47 Å². The van der Waals surface area contributed by atoms with Crippen LogP contribution in [0.15, 0.2) is 34.8 Å². The van der Waals surface area contributed by atoms with Gasteiger partial charge in [0.05, 0.1) is 31.3 Å². The molecular weight excluding hydrogens is 396 g/mol. The van der Waals surface area contributed by atoms with Gasteiger partial charge >= 0.3 is 0 Å². The first-order valence-corrected chi connectivity index (χ1v) is 9.22. The highest BCUT2D eigenvalue weighted by molar-refractivity contribution is 9.10. The predicted molar refractivity (Wildman–Crippen MR) is 107 cm³/mol. The molecule has 140 valence electrons. The Morgan fingerprint density at radius 2 is 1.73 bits per heavy atom. The lowest BCUT2D eigenvalue weighted by atomic mass is 10.1. The Labute approximate surface area is 163 Å². The lowest BCUT2D eigenvalue weighted by Crippen LogP contribution is -3.08. The summed E-state index contributed by atoms with van der Waals surface area (Å²) in [6, 6.07) is 9.81. The third-order valence-corrected chi connectivity index (χ3v) is 4.87. The third-order valence-electron chi connectivity index (χ3n) is 4.25. The van der Waals surface area contributed by atoms with Crippen LogP contribution in [0.3, 0.4) is 0 Å². The molecule has 0 aliphatic heterocycles. The van der Waals surface area contributed by atoms with Crippen molar-refractivity contribution in [2.24, 2.45) is 0 Å². The number of hydrogen-bond donors (Lipinski definition) is 2. The zero-order valence-corrected chi connectivity index (χ0v) is 17.5. The fraction of sp³-hybridized carbons (Fsp3) is 0.350. The molecule has 0 radical (unpaired) electrons.